The molecule has 1 radical (unpaired) electrons. The highest BCUT2D eigenvalue weighted by molar-refractivity contribution is 6.80. The number of amides is 1. The number of halogens is 3. The molecule has 257 valence electrons. The van der Waals surface area contributed by atoms with E-state index in [0.717, 1.165) is 10.4 Å². The molecule has 0 unspecified atom stereocenters. The lowest BCUT2D eigenvalue weighted by atomic mass is 9.87. The number of aliphatic imine (C=N–C) groups is 1. The van der Waals surface area contributed by atoms with Crippen molar-refractivity contribution in [3.8, 4) is 17.0 Å². The second kappa shape index (κ2) is 14.9. The van der Waals surface area contributed by atoms with E-state index in [-0.39, 0.29) is 39.0 Å². The van der Waals surface area contributed by atoms with Crippen LogP contribution in [0.25, 0.3) is 11.3 Å². The number of hydrogen-bond donors (Lipinski definition) is 0. The minimum atomic E-state index is -1.87. The van der Waals surface area contributed by atoms with Gasteiger partial charge in [-0.1, -0.05) is 105 Å². The van der Waals surface area contributed by atoms with Crippen molar-refractivity contribution in [3.63, 3.8) is 0 Å². The standard InChI is InChI=1S/C38H42Cl2FN4O3Si/c1-25-23-44(36(46)47-38(5,6)7)20-21-45(25)24-42-31-22-29(39)34(43-35(31)40)33-30(41)14-11-15-32(33)48-49(27-12-9-8-10-13-27)28-18-16-26(17-19-28)37(2,3)4/h8-19,22,24-25H,20-21,23H2,1-7H3/t25-/m0/s1. The topological polar surface area (TPSA) is 67.3 Å². The predicted octanol–water partition coefficient (Wildman–Crippen LogP) is 8.28. The number of ether oxygens (including phenoxy) is 1. The first kappa shape index (κ1) is 36.4. The Morgan fingerprint density at radius 3 is 2.27 bits per heavy atom. The van der Waals surface area contributed by atoms with Gasteiger partial charge in [0.05, 0.1) is 22.6 Å². The molecular formula is C38H42Cl2FN4O3Si. The molecule has 2 heterocycles. The van der Waals surface area contributed by atoms with Crippen LogP contribution in [-0.2, 0) is 10.2 Å². The Hall–Kier alpha value is -3.92. The first-order valence-corrected chi connectivity index (χ1v) is 18.4. The maximum atomic E-state index is 15.7. The van der Waals surface area contributed by atoms with E-state index in [1.165, 1.54) is 11.6 Å². The van der Waals surface area contributed by atoms with Gasteiger partial charge in [0, 0.05) is 25.7 Å². The molecule has 1 aromatic heterocycles. The lowest BCUT2D eigenvalue weighted by Gasteiger charge is -2.39. The van der Waals surface area contributed by atoms with Gasteiger partial charge >= 0.3 is 15.1 Å². The van der Waals surface area contributed by atoms with E-state index in [4.69, 9.17) is 32.4 Å². The number of carbonyl (C=O) groups excluding carboxylic acids is 1. The van der Waals surface area contributed by atoms with Gasteiger partial charge in [0.15, 0.2) is 5.15 Å². The first-order valence-electron chi connectivity index (χ1n) is 16.2. The number of pyridine rings is 1. The Morgan fingerprint density at radius 2 is 1.63 bits per heavy atom. The second-order valence-electron chi connectivity index (χ2n) is 14.1. The van der Waals surface area contributed by atoms with Crippen LogP contribution in [0.5, 0.6) is 5.75 Å². The lowest BCUT2D eigenvalue weighted by molar-refractivity contribution is 0.0137. The number of nitrogens with zero attached hydrogens (tertiary/aromatic N) is 4. The van der Waals surface area contributed by atoms with Gasteiger partial charge in [-0.3, -0.25) is 0 Å². The zero-order valence-electron chi connectivity index (χ0n) is 28.9. The summed E-state index contributed by atoms with van der Waals surface area (Å²) in [5.41, 5.74) is 1.28. The Morgan fingerprint density at radius 1 is 0.959 bits per heavy atom. The largest absolute Gasteiger partial charge is 0.532 e. The van der Waals surface area contributed by atoms with Gasteiger partial charge in [-0.05, 0) is 67.2 Å². The number of hydrogen-bond acceptors (Lipinski definition) is 5. The van der Waals surface area contributed by atoms with E-state index in [2.05, 4.69) is 55.0 Å². The maximum Gasteiger partial charge on any atom is 0.410 e. The van der Waals surface area contributed by atoms with Crippen LogP contribution in [-0.4, -0.2) is 67.5 Å². The summed E-state index contributed by atoms with van der Waals surface area (Å²) in [5, 5.41) is 2.27. The van der Waals surface area contributed by atoms with E-state index >= 15 is 4.39 Å². The van der Waals surface area contributed by atoms with E-state index in [1.807, 2.05) is 62.9 Å². The van der Waals surface area contributed by atoms with Crippen molar-refractivity contribution in [2.75, 3.05) is 19.6 Å². The van der Waals surface area contributed by atoms with Crippen molar-refractivity contribution >= 4 is 60.7 Å². The van der Waals surface area contributed by atoms with E-state index in [0.29, 0.717) is 31.1 Å². The molecule has 4 aromatic rings. The quantitative estimate of drug-likeness (QED) is 0.0833. The predicted molar refractivity (Wildman–Crippen MR) is 199 cm³/mol. The summed E-state index contributed by atoms with van der Waals surface area (Å²) in [6.45, 7) is 15.6. The second-order valence-corrected chi connectivity index (χ2v) is 16.9. The van der Waals surface area contributed by atoms with E-state index < -0.39 is 20.5 Å². The van der Waals surface area contributed by atoms with Crippen molar-refractivity contribution in [3.05, 3.63) is 100 Å². The van der Waals surface area contributed by atoms with Gasteiger partial charge < -0.3 is 19.0 Å². The van der Waals surface area contributed by atoms with Crippen molar-refractivity contribution in [2.45, 2.75) is 65.5 Å². The van der Waals surface area contributed by atoms with Gasteiger partial charge in [0.1, 0.15) is 22.9 Å². The fourth-order valence-corrected chi connectivity index (χ4v) is 7.77. The third kappa shape index (κ3) is 9.01. The molecule has 0 N–H and O–H groups in total. The van der Waals surface area contributed by atoms with Gasteiger partial charge in [0.2, 0.25) is 0 Å². The summed E-state index contributed by atoms with van der Waals surface area (Å²) < 4.78 is 28.0. The highest BCUT2D eigenvalue weighted by Crippen LogP contribution is 2.39. The summed E-state index contributed by atoms with van der Waals surface area (Å²) in [6, 6.07) is 24.6. The Labute approximate surface area is 300 Å². The van der Waals surface area contributed by atoms with Crippen LogP contribution < -0.4 is 14.8 Å². The highest BCUT2D eigenvalue weighted by Gasteiger charge is 2.30. The zero-order valence-corrected chi connectivity index (χ0v) is 31.4. The van der Waals surface area contributed by atoms with Crippen molar-refractivity contribution in [1.29, 1.82) is 0 Å². The van der Waals surface area contributed by atoms with Gasteiger partial charge in [-0.25, -0.2) is 19.2 Å². The number of carbonyl (C=O) groups is 1. The summed E-state index contributed by atoms with van der Waals surface area (Å²) in [7, 11) is -1.87. The van der Waals surface area contributed by atoms with Gasteiger partial charge in [-0.15, -0.1) is 0 Å². The highest BCUT2D eigenvalue weighted by atomic mass is 35.5. The SMILES string of the molecule is C[C@H]1CN(C(=O)OC(C)(C)C)CCN1C=Nc1cc(Cl)c(-c2c(F)cccc2O[Si](c2ccccc2)c2ccc(C(C)(C)C)cc2)nc1Cl. The molecule has 1 saturated heterocycles. The molecular weight excluding hydrogens is 678 g/mol. The molecule has 0 aliphatic carbocycles. The number of aromatic nitrogens is 1. The number of piperazine rings is 1. The summed E-state index contributed by atoms with van der Waals surface area (Å²) in [5.74, 6) is -0.218. The van der Waals surface area contributed by atoms with Crippen LogP contribution in [0.4, 0.5) is 14.9 Å². The summed E-state index contributed by atoms with van der Waals surface area (Å²) in [6.07, 6.45) is 1.34. The first-order chi connectivity index (χ1) is 23.1. The maximum absolute atomic E-state index is 15.7. The average molecular weight is 721 g/mol. The molecule has 49 heavy (non-hydrogen) atoms. The van der Waals surface area contributed by atoms with Crippen molar-refractivity contribution < 1.29 is 18.3 Å². The normalized spacial score (nSPS) is 15.6. The van der Waals surface area contributed by atoms with Crippen LogP contribution in [0.15, 0.2) is 83.9 Å². The van der Waals surface area contributed by atoms with E-state index in [1.54, 1.807) is 29.4 Å². The molecule has 0 spiro atoms. The lowest BCUT2D eigenvalue weighted by Crippen LogP contribution is -2.53. The molecule has 1 aliphatic heterocycles. The Balaban J connectivity index is 1.41. The molecule has 0 saturated carbocycles. The fraction of sp³-hybridized carbons (Fsp3) is 0.342. The number of benzene rings is 3. The molecule has 1 amide bonds. The molecule has 0 bridgehead atoms. The minimum absolute atomic E-state index is 0.00166. The number of rotatable bonds is 7. The molecule has 7 nitrogen and oxygen atoms in total. The zero-order chi connectivity index (χ0) is 35.5. The minimum Gasteiger partial charge on any atom is -0.532 e. The molecule has 11 heteroatoms. The molecule has 1 atom stereocenters. The monoisotopic (exact) mass is 719 g/mol. The van der Waals surface area contributed by atoms with Crippen LogP contribution in [0.3, 0.4) is 0 Å². The molecule has 5 rings (SSSR count). The van der Waals surface area contributed by atoms with Gasteiger partial charge in [0.25, 0.3) is 0 Å². The molecule has 1 fully saturated rings. The molecule has 1 aliphatic rings. The van der Waals surface area contributed by atoms with Gasteiger partial charge in [-0.2, -0.15) is 0 Å². The van der Waals surface area contributed by atoms with Crippen LogP contribution in [0.2, 0.25) is 10.2 Å². The third-order valence-electron chi connectivity index (χ3n) is 8.06. The van der Waals surface area contributed by atoms with E-state index in [9.17, 15) is 4.79 Å². The Bertz CT molecular complexity index is 1810. The summed E-state index contributed by atoms with van der Waals surface area (Å²) in [4.78, 5) is 25.4. The van der Waals surface area contributed by atoms with Crippen LogP contribution >= 0.6 is 23.2 Å². The van der Waals surface area contributed by atoms with Crippen LogP contribution in [0, 0.1) is 5.82 Å². The van der Waals surface area contributed by atoms with Crippen LogP contribution in [0.1, 0.15) is 54.0 Å². The van der Waals surface area contributed by atoms with Crippen molar-refractivity contribution in [2.24, 2.45) is 4.99 Å². The molecule has 3 aromatic carbocycles. The third-order valence-corrected chi connectivity index (χ3v) is 10.8. The summed E-state index contributed by atoms with van der Waals surface area (Å²) >= 11 is 13.4. The Kier molecular flexibility index (Phi) is 11.1. The fourth-order valence-electron chi connectivity index (χ4n) is 5.42. The van der Waals surface area contributed by atoms with Crippen molar-refractivity contribution in [1.82, 2.24) is 14.8 Å². The average Bonchev–Trinajstić information content (AvgIpc) is 3.04. The smallest absolute Gasteiger partial charge is 0.410 e.